The summed E-state index contributed by atoms with van der Waals surface area (Å²) in [7, 11) is 0. The van der Waals surface area contributed by atoms with E-state index in [4.69, 9.17) is 0 Å². The minimum absolute atomic E-state index is 0.000739. The number of anilines is 1. The summed E-state index contributed by atoms with van der Waals surface area (Å²) in [5.74, 6) is -0.402. The van der Waals surface area contributed by atoms with Crippen LogP contribution in [0.15, 0.2) is 36.4 Å². The summed E-state index contributed by atoms with van der Waals surface area (Å²) in [5, 5.41) is 13.4. The van der Waals surface area contributed by atoms with Crippen LogP contribution in [-0.2, 0) is 11.3 Å². The number of carbonyl (C=O) groups excluding carboxylic acids is 1. The third-order valence-electron chi connectivity index (χ3n) is 5.28. The molecule has 3 heterocycles. The van der Waals surface area contributed by atoms with Gasteiger partial charge in [-0.15, -0.1) is 10.2 Å². The monoisotopic (exact) mass is 413 g/mol. The maximum atomic E-state index is 13.3. The molecule has 1 fully saturated rings. The molecule has 29 heavy (non-hydrogen) atoms. The molecule has 1 aliphatic rings. The zero-order valence-corrected chi connectivity index (χ0v) is 17.4. The lowest BCUT2D eigenvalue weighted by atomic mass is 9.97. The number of benzene rings is 1. The van der Waals surface area contributed by atoms with Gasteiger partial charge in [0.05, 0.1) is 5.92 Å². The lowest BCUT2D eigenvalue weighted by molar-refractivity contribution is -0.125. The smallest absolute Gasteiger partial charge is 0.225 e. The van der Waals surface area contributed by atoms with Crippen LogP contribution in [0.1, 0.15) is 29.8 Å². The number of aryl methyl sites for hydroxylation is 2. The molecule has 1 aromatic carbocycles. The van der Waals surface area contributed by atoms with E-state index in [1.807, 2.05) is 19.9 Å². The summed E-state index contributed by atoms with van der Waals surface area (Å²) in [4.78, 5) is 14.8. The summed E-state index contributed by atoms with van der Waals surface area (Å²) in [5.41, 5.74) is 3.01. The van der Waals surface area contributed by atoms with E-state index in [-0.39, 0.29) is 17.6 Å². The third kappa shape index (κ3) is 4.32. The summed E-state index contributed by atoms with van der Waals surface area (Å²) in [6.07, 6.45) is 1.77. The van der Waals surface area contributed by atoms with Gasteiger partial charge in [0, 0.05) is 31.0 Å². The first-order valence-corrected chi connectivity index (χ1v) is 10.6. The van der Waals surface area contributed by atoms with Crippen LogP contribution in [0.3, 0.4) is 0 Å². The van der Waals surface area contributed by atoms with E-state index in [0.717, 1.165) is 46.6 Å². The van der Waals surface area contributed by atoms with Gasteiger partial charge in [0.2, 0.25) is 16.2 Å². The van der Waals surface area contributed by atoms with Crippen LogP contribution in [0.2, 0.25) is 0 Å². The van der Waals surface area contributed by atoms with Crippen molar-refractivity contribution in [2.45, 2.75) is 33.2 Å². The zero-order chi connectivity index (χ0) is 20.4. The number of rotatable bonds is 5. The van der Waals surface area contributed by atoms with Crippen LogP contribution >= 0.6 is 11.3 Å². The van der Waals surface area contributed by atoms with E-state index in [1.54, 1.807) is 17.4 Å². The lowest BCUT2D eigenvalue weighted by Crippen LogP contribution is -2.43. The predicted octanol–water partition coefficient (Wildman–Crippen LogP) is 3.62. The molecule has 1 amide bonds. The van der Waals surface area contributed by atoms with Gasteiger partial charge in [-0.25, -0.2) is 4.39 Å². The Morgan fingerprint density at radius 3 is 2.72 bits per heavy atom. The molecule has 0 spiro atoms. The van der Waals surface area contributed by atoms with Crippen molar-refractivity contribution in [1.29, 1.82) is 0 Å². The van der Waals surface area contributed by atoms with Crippen molar-refractivity contribution >= 4 is 22.4 Å². The molecule has 1 N–H and O–H groups in total. The quantitative estimate of drug-likeness (QED) is 0.694. The Hall–Kier alpha value is -2.74. The summed E-state index contributed by atoms with van der Waals surface area (Å²) in [6, 6.07) is 10.4. The highest BCUT2D eigenvalue weighted by Crippen LogP contribution is 2.29. The number of amides is 1. The minimum Gasteiger partial charge on any atom is -0.352 e. The molecule has 0 saturated carbocycles. The SMILES string of the molecule is Cc1ccc(C)n1-c1nnc(N2CCCC(C(=O)NCc3cccc(F)c3)C2)s1. The fourth-order valence-corrected chi connectivity index (χ4v) is 4.74. The number of nitrogens with zero attached hydrogens (tertiary/aromatic N) is 4. The van der Waals surface area contributed by atoms with Gasteiger partial charge < -0.3 is 10.2 Å². The Morgan fingerprint density at radius 2 is 1.97 bits per heavy atom. The Balaban J connectivity index is 1.40. The van der Waals surface area contributed by atoms with Crippen molar-refractivity contribution in [1.82, 2.24) is 20.1 Å². The number of piperidine rings is 1. The fourth-order valence-electron chi connectivity index (χ4n) is 3.74. The summed E-state index contributed by atoms with van der Waals surface area (Å²) in [6.45, 7) is 5.92. The van der Waals surface area contributed by atoms with Crippen molar-refractivity contribution in [3.05, 3.63) is 59.2 Å². The van der Waals surface area contributed by atoms with Gasteiger partial charge >= 0.3 is 0 Å². The maximum Gasteiger partial charge on any atom is 0.225 e. The summed E-state index contributed by atoms with van der Waals surface area (Å²) < 4.78 is 15.4. The second-order valence-corrected chi connectivity index (χ2v) is 8.39. The molecule has 0 aliphatic carbocycles. The topological polar surface area (TPSA) is 63.1 Å². The molecule has 3 aromatic rings. The third-order valence-corrected chi connectivity index (χ3v) is 6.25. The highest BCUT2D eigenvalue weighted by atomic mass is 32.1. The molecular formula is C21H24FN5OS. The van der Waals surface area contributed by atoms with Crippen LogP contribution in [0.5, 0.6) is 0 Å². The molecule has 2 aromatic heterocycles. The largest absolute Gasteiger partial charge is 0.352 e. The predicted molar refractivity (Wildman–Crippen MR) is 112 cm³/mol. The zero-order valence-electron chi connectivity index (χ0n) is 16.6. The van der Waals surface area contributed by atoms with Gasteiger partial charge in [-0.05, 0) is 56.5 Å². The number of hydrogen-bond acceptors (Lipinski definition) is 5. The van der Waals surface area contributed by atoms with E-state index < -0.39 is 0 Å². The van der Waals surface area contributed by atoms with Crippen LogP contribution < -0.4 is 10.2 Å². The van der Waals surface area contributed by atoms with Gasteiger partial charge in [0.1, 0.15) is 5.82 Å². The van der Waals surface area contributed by atoms with Gasteiger partial charge in [-0.1, -0.05) is 23.5 Å². The van der Waals surface area contributed by atoms with E-state index in [0.29, 0.717) is 13.1 Å². The van der Waals surface area contributed by atoms with E-state index in [9.17, 15) is 9.18 Å². The van der Waals surface area contributed by atoms with Gasteiger partial charge in [-0.3, -0.25) is 9.36 Å². The Labute approximate surface area is 173 Å². The molecule has 1 atom stereocenters. The van der Waals surface area contributed by atoms with Crippen molar-refractivity contribution in [3.63, 3.8) is 0 Å². The molecule has 1 unspecified atom stereocenters. The number of aromatic nitrogens is 3. The van der Waals surface area contributed by atoms with Gasteiger partial charge in [0.15, 0.2) is 0 Å². The van der Waals surface area contributed by atoms with E-state index >= 15 is 0 Å². The molecule has 8 heteroatoms. The molecule has 1 aliphatic heterocycles. The second-order valence-electron chi connectivity index (χ2n) is 7.45. The number of carbonyl (C=O) groups is 1. The van der Waals surface area contributed by atoms with Crippen LogP contribution in [0.4, 0.5) is 9.52 Å². The minimum atomic E-state index is -0.291. The van der Waals surface area contributed by atoms with Gasteiger partial charge in [0.25, 0.3) is 0 Å². The Morgan fingerprint density at radius 1 is 1.21 bits per heavy atom. The van der Waals surface area contributed by atoms with Crippen molar-refractivity contribution < 1.29 is 9.18 Å². The first-order chi connectivity index (χ1) is 14.0. The Kier molecular flexibility index (Phi) is 5.62. The summed E-state index contributed by atoms with van der Waals surface area (Å²) >= 11 is 1.54. The molecule has 4 rings (SSSR count). The van der Waals surface area contributed by atoms with E-state index in [2.05, 4.69) is 37.1 Å². The molecule has 0 radical (unpaired) electrons. The normalized spacial score (nSPS) is 16.8. The number of nitrogens with one attached hydrogen (secondary N) is 1. The maximum absolute atomic E-state index is 13.3. The van der Waals surface area contributed by atoms with Crippen molar-refractivity contribution in [3.8, 4) is 5.13 Å². The second kappa shape index (κ2) is 8.32. The number of hydrogen-bond donors (Lipinski definition) is 1. The molecule has 6 nitrogen and oxygen atoms in total. The molecule has 1 saturated heterocycles. The van der Waals surface area contributed by atoms with Crippen LogP contribution in [0.25, 0.3) is 5.13 Å². The average Bonchev–Trinajstić information content (AvgIpc) is 3.32. The lowest BCUT2D eigenvalue weighted by Gasteiger charge is -2.31. The Bertz CT molecular complexity index is 995. The molecule has 0 bridgehead atoms. The highest BCUT2D eigenvalue weighted by molar-refractivity contribution is 7.17. The van der Waals surface area contributed by atoms with Crippen molar-refractivity contribution in [2.75, 3.05) is 18.0 Å². The standard InChI is InChI=1S/C21H24FN5OS/c1-14-8-9-15(2)27(14)21-25-24-20(29-21)26-10-4-6-17(13-26)19(28)23-12-16-5-3-7-18(22)11-16/h3,5,7-9,11,17H,4,6,10,12-13H2,1-2H3,(H,23,28). The van der Waals surface area contributed by atoms with Crippen LogP contribution in [-0.4, -0.2) is 33.8 Å². The first-order valence-electron chi connectivity index (χ1n) is 9.77. The average molecular weight is 414 g/mol. The molecule has 152 valence electrons. The van der Waals surface area contributed by atoms with Gasteiger partial charge in [-0.2, -0.15) is 0 Å². The number of halogens is 1. The first kappa shape index (κ1) is 19.6. The highest BCUT2D eigenvalue weighted by Gasteiger charge is 2.28. The van der Waals surface area contributed by atoms with Crippen LogP contribution in [0, 0.1) is 25.6 Å². The van der Waals surface area contributed by atoms with E-state index in [1.165, 1.54) is 12.1 Å². The molecular weight excluding hydrogens is 389 g/mol. The fraction of sp³-hybridized carbons (Fsp3) is 0.381. The van der Waals surface area contributed by atoms with Crippen molar-refractivity contribution in [2.24, 2.45) is 5.92 Å².